The van der Waals surface area contributed by atoms with Crippen molar-refractivity contribution in [2.24, 2.45) is 11.8 Å². The summed E-state index contributed by atoms with van der Waals surface area (Å²) >= 11 is 0. The van der Waals surface area contributed by atoms with E-state index in [0.29, 0.717) is 25.3 Å². The van der Waals surface area contributed by atoms with E-state index in [1.54, 1.807) is 48.7 Å². The average molecular weight is 339 g/mol. The molecule has 2 aromatic heterocycles. The predicted octanol–water partition coefficient (Wildman–Crippen LogP) is 2.32. The van der Waals surface area contributed by atoms with Crippen LogP contribution >= 0.6 is 0 Å². The summed E-state index contributed by atoms with van der Waals surface area (Å²) in [7, 11) is 0. The molecule has 3 rings (SSSR count). The van der Waals surface area contributed by atoms with Crippen molar-refractivity contribution in [3.05, 3.63) is 60.2 Å². The Bertz CT molecular complexity index is 721. The molecule has 2 aromatic rings. The van der Waals surface area contributed by atoms with Gasteiger partial charge in [-0.25, -0.2) is 0 Å². The molecule has 0 aromatic carbocycles. The van der Waals surface area contributed by atoms with Gasteiger partial charge in [-0.05, 0) is 43.0 Å². The van der Waals surface area contributed by atoms with Crippen LogP contribution in [-0.4, -0.2) is 39.9 Å². The fraction of sp³-hybridized carbons (Fsp3) is 0.368. The molecule has 1 saturated carbocycles. The fourth-order valence-electron chi connectivity index (χ4n) is 2.87. The first-order valence-electron chi connectivity index (χ1n) is 8.44. The first-order chi connectivity index (χ1) is 12.2. The van der Waals surface area contributed by atoms with Crippen molar-refractivity contribution < 1.29 is 14.3 Å². The molecular formula is C19H21N3O3. The second-order valence-corrected chi connectivity index (χ2v) is 6.14. The Kier molecular flexibility index (Phi) is 5.38. The molecule has 1 fully saturated rings. The highest BCUT2D eigenvalue weighted by molar-refractivity contribution is 5.94. The van der Waals surface area contributed by atoms with Gasteiger partial charge in [-0.2, -0.15) is 0 Å². The van der Waals surface area contributed by atoms with Crippen LogP contribution < -0.4 is 0 Å². The number of ether oxygens (including phenoxy) is 1. The Morgan fingerprint density at radius 2 is 1.96 bits per heavy atom. The summed E-state index contributed by atoms with van der Waals surface area (Å²) in [4.78, 5) is 34.6. The summed E-state index contributed by atoms with van der Waals surface area (Å²) < 4.78 is 5.08. The first-order valence-corrected chi connectivity index (χ1v) is 8.44. The second-order valence-electron chi connectivity index (χ2n) is 6.14. The zero-order chi connectivity index (χ0) is 17.6. The molecule has 0 spiro atoms. The Morgan fingerprint density at radius 1 is 1.20 bits per heavy atom. The number of aromatic nitrogens is 2. The molecule has 0 unspecified atom stereocenters. The lowest BCUT2D eigenvalue weighted by Crippen LogP contribution is -2.33. The van der Waals surface area contributed by atoms with Crippen LogP contribution in [0.1, 0.15) is 29.3 Å². The molecule has 25 heavy (non-hydrogen) atoms. The van der Waals surface area contributed by atoms with Gasteiger partial charge in [0.1, 0.15) is 0 Å². The number of amides is 1. The molecular weight excluding hydrogens is 318 g/mol. The van der Waals surface area contributed by atoms with Crippen molar-refractivity contribution in [2.45, 2.75) is 19.9 Å². The number of rotatable bonds is 7. The molecule has 2 heterocycles. The SMILES string of the molecule is CCOC(=O)[C@@H]1C[C@H]1CN(Cc1cccnc1)C(=O)c1cccnc1. The fourth-order valence-corrected chi connectivity index (χ4v) is 2.87. The predicted molar refractivity (Wildman–Crippen MR) is 91.4 cm³/mol. The summed E-state index contributed by atoms with van der Waals surface area (Å²) in [5, 5.41) is 0. The molecule has 1 aliphatic rings. The summed E-state index contributed by atoms with van der Waals surface area (Å²) in [6.07, 6.45) is 7.42. The number of hydrogen-bond donors (Lipinski definition) is 0. The molecule has 0 N–H and O–H groups in total. The van der Waals surface area contributed by atoms with Gasteiger partial charge in [0.15, 0.2) is 0 Å². The summed E-state index contributed by atoms with van der Waals surface area (Å²) in [6, 6.07) is 7.28. The lowest BCUT2D eigenvalue weighted by molar-refractivity contribution is -0.145. The van der Waals surface area contributed by atoms with Crippen LogP contribution in [0.5, 0.6) is 0 Å². The Labute approximate surface area is 146 Å². The minimum Gasteiger partial charge on any atom is -0.466 e. The number of carbonyl (C=O) groups is 2. The normalized spacial score (nSPS) is 18.4. The maximum Gasteiger partial charge on any atom is 0.309 e. The average Bonchev–Trinajstić information content (AvgIpc) is 3.42. The van der Waals surface area contributed by atoms with Gasteiger partial charge < -0.3 is 9.64 Å². The van der Waals surface area contributed by atoms with Crippen LogP contribution in [0.3, 0.4) is 0 Å². The maximum atomic E-state index is 12.9. The van der Waals surface area contributed by atoms with Crippen molar-refractivity contribution in [2.75, 3.05) is 13.2 Å². The Balaban J connectivity index is 1.71. The van der Waals surface area contributed by atoms with Gasteiger partial charge in [-0.15, -0.1) is 0 Å². The van der Waals surface area contributed by atoms with Crippen molar-refractivity contribution in [3.8, 4) is 0 Å². The number of pyridine rings is 2. The van der Waals surface area contributed by atoms with Crippen LogP contribution in [0.4, 0.5) is 0 Å². The van der Waals surface area contributed by atoms with Crippen LogP contribution in [0.15, 0.2) is 49.1 Å². The Morgan fingerprint density at radius 3 is 2.60 bits per heavy atom. The van der Waals surface area contributed by atoms with Crippen molar-refractivity contribution in [3.63, 3.8) is 0 Å². The van der Waals surface area contributed by atoms with Crippen LogP contribution in [0.2, 0.25) is 0 Å². The number of carbonyl (C=O) groups excluding carboxylic acids is 2. The van der Waals surface area contributed by atoms with E-state index in [4.69, 9.17) is 4.74 Å². The molecule has 0 bridgehead atoms. The summed E-state index contributed by atoms with van der Waals surface area (Å²) in [5.74, 6) is -0.205. The number of esters is 1. The van der Waals surface area contributed by atoms with E-state index in [1.165, 1.54) is 0 Å². The highest BCUT2D eigenvalue weighted by Crippen LogP contribution is 2.40. The van der Waals surface area contributed by atoms with E-state index in [1.807, 2.05) is 12.1 Å². The standard InChI is InChI=1S/C19H21N3O3/c1-2-25-19(24)17-9-16(17)13-22(12-14-5-3-7-20-10-14)18(23)15-6-4-8-21-11-15/h3-8,10-11,16-17H,2,9,12-13H2,1H3/t16-,17+/m0/s1. The van der Waals surface area contributed by atoms with E-state index in [2.05, 4.69) is 9.97 Å². The zero-order valence-corrected chi connectivity index (χ0v) is 14.2. The molecule has 0 aliphatic heterocycles. The topological polar surface area (TPSA) is 72.4 Å². The maximum absolute atomic E-state index is 12.9. The molecule has 1 amide bonds. The van der Waals surface area contributed by atoms with Crippen molar-refractivity contribution in [1.29, 1.82) is 0 Å². The molecule has 6 heteroatoms. The first kappa shape index (κ1) is 17.1. The largest absolute Gasteiger partial charge is 0.466 e. The van der Waals surface area contributed by atoms with Gasteiger partial charge in [0, 0.05) is 37.9 Å². The smallest absolute Gasteiger partial charge is 0.309 e. The van der Waals surface area contributed by atoms with E-state index in [-0.39, 0.29) is 23.7 Å². The minimum absolute atomic E-state index is 0.0912. The highest BCUT2D eigenvalue weighted by Gasteiger charge is 2.45. The molecule has 6 nitrogen and oxygen atoms in total. The van der Waals surface area contributed by atoms with Crippen LogP contribution in [-0.2, 0) is 16.1 Å². The summed E-state index contributed by atoms with van der Waals surface area (Å²) in [5.41, 5.74) is 1.49. The molecule has 0 saturated heterocycles. The molecule has 130 valence electrons. The van der Waals surface area contributed by atoms with Gasteiger partial charge in [-0.1, -0.05) is 6.07 Å². The number of hydrogen-bond acceptors (Lipinski definition) is 5. The minimum atomic E-state index is -0.164. The molecule has 2 atom stereocenters. The van der Waals surface area contributed by atoms with Crippen LogP contribution in [0, 0.1) is 11.8 Å². The molecule has 1 aliphatic carbocycles. The van der Waals surface area contributed by atoms with E-state index in [0.717, 1.165) is 12.0 Å². The third kappa shape index (κ3) is 4.41. The third-order valence-electron chi connectivity index (χ3n) is 4.26. The van der Waals surface area contributed by atoms with Crippen molar-refractivity contribution in [1.82, 2.24) is 14.9 Å². The third-order valence-corrected chi connectivity index (χ3v) is 4.26. The quantitative estimate of drug-likeness (QED) is 0.724. The van der Waals surface area contributed by atoms with E-state index < -0.39 is 0 Å². The van der Waals surface area contributed by atoms with Crippen LogP contribution in [0.25, 0.3) is 0 Å². The lowest BCUT2D eigenvalue weighted by atomic mass is 10.2. The zero-order valence-electron chi connectivity index (χ0n) is 14.2. The van der Waals surface area contributed by atoms with E-state index in [9.17, 15) is 9.59 Å². The Hall–Kier alpha value is -2.76. The highest BCUT2D eigenvalue weighted by atomic mass is 16.5. The lowest BCUT2D eigenvalue weighted by Gasteiger charge is -2.23. The monoisotopic (exact) mass is 339 g/mol. The summed E-state index contributed by atoms with van der Waals surface area (Å²) in [6.45, 7) is 3.16. The van der Waals surface area contributed by atoms with Gasteiger partial charge in [-0.3, -0.25) is 19.6 Å². The number of nitrogens with zero attached hydrogens (tertiary/aromatic N) is 3. The van der Waals surface area contributed by atoms with E-state index >= 15 is 0 Å². The van der Waals surface area contributed by atoms with Gasteiger partial charge >= 0.3 is 5.97 Å². The second kappa shape index (κ2) is 7.88. The van der Waals surface area contributed by atoms with Gasteiger partial charge in [0.05, 0.1) is 18.1 Å². The molecule has 0 radical (unpaired) electrons. The van der Waals surface area contributed by atoms with Crippen molar-refractivity contribution >= 4 is 11.9 Å². The van der Waals surface area contributed by atoms with Gasteiger partial charge in [0.25, 0.3) is 5.91 Å². The van der Waals surface area contributed by atoms with Gasteiger partial charge in [0.2, 0.25) is 0 Å².